The van der Waals surface area contributed by atoms with Crippen molar-refractivity contribution in [3.05, 3.63) is 33.4 Å². The molecule has 0 spiro atoms. The standard InChI is InChI=1S/C14H16INO3/c1-9-4-3-7-16(12(9)14(18)19)13(17)10-5-2-6-11(15)8-10/h2,5-6,8-9,12H,3-4,7H2,1H3,(H,18,19). The van der Waals surface area contributed by atoms with Gasteiger partial charge in [0.1, 0.15) is 6.04 Å². The SMILES string of the molecule is CC1CCCN(C(=O)c2cccc(I)c2)C1C(=O)O. The van der Waals surface area contributed by atoms with E-state index >= 15 is 0 Å². The molecule has 1 heterocycles. The number of carbonyl (C=O) groups is 2. The molecule has 19 heavy (non-hydrogen) atoms. The van der Waals surface area contributed by atoms with Gasteiger partial charge in [-0.25, -0.2) is 4.79 Å². The van der Waals surface area contributed by atoms with Crippen LogP contribution in [0.3, 0.4) is 0 Å². The Bertz CT molecular complexity index is 503. The molecule has 2 rings (SSSR count). The predicted molar refractivity (Wildman–Crippen MR) is 80.0 cm³/mol. The summed E-state index contributed by atoms with van der Waals surface area (Å²) in [5.74, 6) is -1.10. The van der Waals surface area contributed by atoms with E-state index in [0.717, 1.165) is 16.4 Å². The largest absolute Gasteiger partial charge is 0.480 e. The summed E-state index contributed by atoms with van der Waals surface area (Å²) >= 11 is 2.15. The molecule has 1 amide bonds. The normalized spacial score (nSPS) is 23.2. The lowest BCUT2D eigenvalue weighted by Gasteiger charge is -2.37. The van der Waals surface area contributed by atoms with Gasteiger partial charge in [-0.1, -0.05) is 13.0 Å². The molecule has 2 atom stereocenters. The van der Waals surface area contributed by atoms with Crippen LogP contribution in [0.2, 0.25) is 0 Å². The fourth-order valence-corrected chi connectivity index (χ4v) is 3.12. The number of piperidine rings is 1. The average Bonchev–Trinajstić information content (AvgIpc) is 2.37. The second-order valence-electron chi connectivity index (χ2n) is 4.91. The van der Waals surface area contributed by atoms with E-state index in [1.807, 2.05) is 19.1 Å². The molecule has 1 saturated heterocycles. The van der Waals surface area contributed by atoms with E-state index in [1.54, 1.807) is 12.1 Å². The molecule has 1 fully saturated rings. The first-order valence-electron chi connectivity index (χ1n) is 6.30. The van der Waals surface area contributed by atoms with Crippen LogP contribution >= 0.6 is 22.6 Å². The molecule has 0 aliphatic carbocycles. The highest BCUT2D eigenvalue weighted by Crippen LogP contribution is 2.25. The van der Waals surface area contributed by atoms with Gasteiger partial charge in [-0.15, -0.1) is 0 Å². The van der Waals surface area contributed by atoms with Crippen molar-refractivity contribution in [3.8, 4) is 0 Å². The van der Waals surface area contributed by atoms with Crippen LogP contribution in [0, 0.1) is 9.49 Å². The first-order chi connectivity index (χ1) is 9.00. The van der Waals surface area contributed by atoms with Crippen LogP contribution in [-0.4, -0.2) is 34.5 Å². The Morgan fingerprint density at radius 1 is 1.42 bits per heavy atom. The monoisotopic (exact) mass is 373 g/mol. The number of nitrogens with zero attached hydrogens (tertiary/aromatic N) is 1. The fraction of sp³-hybridized carbons (Fsp3) is 0.429. The van der Waals surface area contributed by atoms with Gasteiger partial charge < -0.3 is 10.0 Å². The molecule has 1 aromatic carbocycles. The lowest BCUT2D eigenvalue weighted by Crippen LogP contribution is -2.51. The van der Waals surface area contributed by atoms with Gasteiger partial charge in [-0.05, 0) is 59.5 Å². The number of likely N-dealkylation sites (tertiary alicyclic amines) is 1. The number of amides is 1. The van der Waals surface area contributed by atoms with Crippen molar-refractivity contribution < 1.29 is 14.7 Å². The maximum atomic E-state index is 12.5. The second-order valence-corrected chi connectivity index (χ2v) is 6.16. The van der Waals surface area contributed by atoms with Crippen molar-refractivity contribution in [1.29, 1.82) is 0 Å². The van der Waals surface area contributed by atoms with Gasteiger partial charge >= 0.3 is 5.97 Å². The van der Waals surface area contributed by atoms with Crippen LogP contribution in [0.5, 0.6) is 0 Å². The third kappa shape index (κ3) is 3.08. The molecule has 102 valence electrons. The van der Waals surface area contributed by atoms with Gasteiger partial charge in [0.05, 0.1) is 0 Å². The lowest BCUT2D eigenvalue weighted by atomic mass is 9.90. The summed E-state index contributed by atoms with van der Waals surface area (Å²) in [6.07, 6.45) is 1.72. The Morgan fingerprint density at radius 3 is 2.79 bits per heavy atom. The molecule has 1 aliphatic heterocycles. The molecule has 0 radical (unpaired) electrons. The van der Waals surface area contributed by atoms with Gasteiger partial charge in [-0.2, -0.15) is 0 Å². The average molecular weight is 373 g/mol. The maximum absolute atomic E-state index is 12.5. The fourth-order valence-electron chi connectivity index (χ4n) is 2.58. The molecule has 0 saturated carbocycles. The Balaban J connectivity index is 2.28. The number of hydrogen-bond donors (Lipinski definition) is 1. The van der Waals surface area contributed by atoms with Crippen molar-refractivity contribution in [2.24, 2.45) is 5.92 Å². The summed E-state index contributed by atoms with van der Waals surface area (Å²) in [6, 6.07) is 6.55. The van der Waals surface area contributed by atoms with Crippen molar-refractivity contribution >= 4 is 34.5 Å². The summed E-state index contributed by atoms with van der Waals surface area (Å²) in [7, 11) is 0. The predicted octanol–water partition coefficient (Wildman–Crippen LogP) is 2.62. The molecular weight excluding hydrogens is 357 g/mol. The van der Waals surface area contributed by atoms with Crippen molar-refractivity contribution in [2.75, 3.05) is 6.54 Å². The summed E-state index contributed by atoms with van der Waals surface area (Å²) in [5.41, 5.74) is 0.562. The molecule has 5 heteroatoms. The highest BCUT2D eigenvalue weighted by atomic mass is 127. The number of benzene rings is 1. The Hall–Kier alpha value is -1.11. The molecule has 1 aliphatic rings. The number of carboxylic acids is 1. The number of halogens is 1. The molecule has 4 nitrogen and oxygen atoms in total. The number of hydrogen-bond acceptors (Lipinski definition) is 2. The molecular formula is C14H16INO3. The summed E-state index contributed by atoms with van der Waals surface area (Å²) in [6.45, 7) is 2.42. The first kappa shape index (κ1) is 14.3. The zero-order chi connectivity index (χ0) is 14.0. The van der Waals surface area contributed by atoms with Crippen molar-refractivity contribution in [2.45, 2.75) is 25.8 Å². The van der Waals surface area contributed by atoms with Crippen molar-refractivity contribution in [1.82, 2.24) is 4.90 Å². The molecule has 0 aromatic heterocycles. The van der Waals surface area contributed by atoms with Gasteiger partial charge in [0.2, 0.25) is 0 Å². The van der Waals surface area contributed by atoms with Crippen LogP contribution in [0.25, 0.3) is 0 Å². The summed E-state index contributed by atoms with van der Waals surface area (Å²) in [5, 5.41) is 9.33. The van der Waals surface area contributed by atoms with Crippen LogP contribution < -0.4 is 0 Å². The Labute approximate surface area is 125 Å². The smallest absolute Gasteiger partial charge is 0.326 e. The maximum Gasteiger partial charge on any atom is 0.326 e. The van der Waals surface area contributed by atoms with Gasteiger partial charge in [0, 0.05) is 15.7 Å². The number of rotatable bonds is 2. The highest BCUT2D eigenvalue weighted by molar-refractivity contribution is 14.1. The summed E-state index contributed by atoms with van der Waals surface area (Å²) in [4.78, 5) is 25.4. The van der Waals surface area contributed by atoms with Crippen LogP contribution in [0.4, 0.5) is 0 Å². The quantitative estimate of drug-likeness (QED) is 0.811. The van der Waals surface area contributed by atoms with Gasteiger partial charge in [-0.3, -0.25) is 4.79 Å². The van der Waals surface area contributed by atoms with Gasteiger partial charge in [0.25, 0.3) is 5.91 Å². The molecule has 2 unspecified atom stereocenters. The minimum Gasteiger partial charge on any atom is -0.480 e. The minimum absolute atomic E-state index is 0.00187. The number of carbonyl (C=O) groups excluding carboxylic acids is 1. The zero-order valence-corrected chi connectivity index (χ0v) is 12.8. The number of carboxylic acid groups (broad SMARTS) is 1. The summed E-state index contributed by atoms with van der Waals surface area (Å²) < 4.78 is 0.973. The van der Waals surface area contributed by atoms with Crippen molar-refractivity contribution in [3.63, 3.8) is 0 Å². The number of aliphatic carboxylic acids is 1. The topological polar surface area (TPSA) is 57.6 Å². The third-order valence-electron chi connectivity index (χ3n) is 3.52. The van der Waals surface area contributed by atoms with E-state index < -0.39 is 12.0 Å². The van der Waals surface area contributed by atoms with E-state index in [2.05, 4.69) is 22.6 Å². The van der Waals surface area contributed by atoms with E-state index in [9.17, 15) is 14.7 Å². The highest BCUT2D eigenvalue weighted by Gasteiger charge is 2.37. The minimum atomic E-state index is -0.911. The van der Waals surface area contributed by atoms with Crippen LogP contribution in [-0.2, 0) is 4.79 Å². The second kappa shape index (κ2) is 5.90. The van der Waals surface area contributed by atoms with E-state index in [-0.39, 0.29) is 11.8 Å². The zero-order valence-electron chi connectivity index (χ0n) is 10.7. The first-order valence-corrected chi connectivity index (χ1v) is 7.38. The molecule has 0 bridgehead atoms. The third-order valence-corrected chi connectivity index (χ3v) is 4.19. The van der Waals surface area contributed by atoms with Gasteiger partial charge in [0.15, 0.2) is 0 Å². The Kier molecular flexibility index (Phi) is 4.44. The molecule has 1 N–H and O–H groups in total. The molecule has 1 aromatic rings. The van der Waals surface area contributed by atoms with Crippen LogP contribution in [0.1, 0.15) is 30.1 Å². The lowest BCUT2D eigenvalue weighted by molar-refractivity contribution is -0.145. The van der Waals surface area contributed by atoms with E-state index in [1.165, 1.54) is 4.90 Å². The van der Waals surface area contributed by atoms with E-state index in [4.69, 9.17) is 0 Å². The van der Waals surface area contributed by atoms with Crippen LogP contribution in [0.15, 0.2) is 24.3 Å². The van der Waals surface area contributed by atoms with E-state index in [0.29, 0.717) is 12.1 Å². The Morgan fingerprint density at radius 2 is 2.16 bits per heavy atom.